The Hall–Kier alpha value is 0.770. The summed E-state index contributed by atoms with van der Waals surface area (Å²) in [4.78, 5) is 0. The molecule has 7 heteroatoms. The zero-order valence-corrected chi connectivity index (χ0v) is 6.78. The van der Waals surface area contributed by atoms with Crippen molar-refractivity contribution in [3.8, 4) is 0 Å². The number of halogens is 2. The molecule has 0 aromatic heterocycles. The largest absolute Gasteiger partial charge is 1.00 e. The van der Waals surface area contributed by atoms with Gasteiger partial charge in [0.25, 0.3) is 0 Å². The smallest absolute Gasteiger partial charge is 0.744 e. The van der Waals surface area contributed by atoms with E-state index in [1.165, 1.54) is 0 Å². The average molecular weight is 154 g/mol. The molecule has 0 N–H and O–H groups in total. The topological polar surface area (TPSA) is 57.2 Å². The Morgan fingerprint density at radius 1 is 1.38 bits per heavy atom. The van der Waals surface area contributed by atoms with E-state index < -0.39 is 15.9 Å². The Kier molecular flexibility index (Phi) is 5.39. The van der Waals surface area contributed by atoms with Crippen LogP contribution in [0.3, 0.4) is 0 Å². The molecule has 0 spiro atoms. The molecule has 0 saturated heterocycles. The summed E-state index contributed by atoms with van der Waals surface area (Å²) in [7, 11) is -5.32. The molecule has 0 aliphatic rings. The second-order valence-electron chi connectivity index (χ2n) is 0.753. The first-order chi connectivity index (χ1) is 2.94. The summed E-state index contributed by atoms with van der Waals surface area (Å²) < 4.78 is 48.4. The van der Waals surface area contributed by atoms with E-state index in [0.29, 0.717) is 0 Å². The molecule has 44 valence electrons. The standard InChI is InChI=1S/CH2F2O3S.Na/c2-1(3)7(4,5)6;/h1H,(H,4,5,6);/q;+1/p-1. The van der Waals surface area contributed by atoms with Gasteiger partial charge < -0.3 is 4.55 Å². The van der Waals surface area contributed by atoms with Gasteiger partial charge in [-0.2, -0.15) is 8.78 Å². The third kappa shape index (κ3) is 4.92. The minimum absolute atomic E-state index is 0. The monoisotopic (exact) mass is 154 g/mol. The maximum Gasteiger partial charge on any atom is 1.00 e. The zero-order valence-electron chi connectivity index (χ0n) is 3.97. The van der Waals surface area contributed by atoms with Gasteiger partial charge in [0.05, 0.1) is 0 Å². The van der Waals surface area contributed by atoms with Gasteiger partial charge in [0.15, 0.2) is 10.1 Å². The first kappa shape index (κ1) is 11.6. The van der Waals surface area contributed by atoms with Gasteiger partial charge in [0.2, 0.25) is 0 Å². The van der Waals surface area contributed by atoms with Gasteiger partial charge in [0, 0.05) is 0 Å². The third-order valence-electron chi connectivity index (χ3n) is 0.218. The summed E-state index contributed by atoms with van der Waals surface area (Å²) in [6.45, 7) is 0. The van der Waals surface area contributed by atoms with E-state index >= 15 is 0 Å². The van der Waals surface area contributed by atoms with Crippen molar-refractivity contribution in [3.63, 3.8) is 0 Å². The van der Waals surface area contributed by atoms with Crippen LogP contribution in [-0.4, -0.2) is 18.7 Å². The van der Waals surface area contributed by atoms with Crippen LogP contribution in [0.5, 0.6) is 0 Å². The van der Waals surface area contributed by atoms with Crippen molar-refractivity contribution in [1.82, 2.24) is 0 Å². The quantitative estimate of drug-likeness (QED) is 0.294. The summed E-state index contributed by atoms with van der Waals surface area (Å²) in [5, 5.41) is 0. The number of alkyl halides is 2. The Balaban J connectivity index is 0. The van der Waals surface area contributed by atoms with Crippen molar-refractivity contribution < 1.29 is 51.3 Å². The molecule has 0 aliphatic heterocycles. The van der Waals surface area contributed by atoms with Gasteiger partial charge in [0.1, 0.15) is 0 Å². The van der Waals surface area contributed by atoms with E-state index in [0.717, 1.165) is 0 Å². The maximum absolute atomic E-state index is 10.6. The van der Waals surface area contributed by atoms with E-state index in [2.05, 4.69) is 0 Å². The van der Waals surface area contributed by atoms with Crippen molar-refractivity contribution in [2.45, 2.75) is 5.76 Å². The molecule has 0 saturated carbocycles. The van der Waals surface area contributed by atoms with Crippen molar-refractivity contribution >= 4 is 10.1 Å². The molecule has 0 fully saturated rings. The van der Waals surface area contributed by atoms with Crippen molar-refractivity contribution in [2.75, 3.05) is 0 Å². The minimum atomic E-state index is -5.32. The fourth-order valence-corrected chi connectivity index (χ4v) is 0. The molecule has 0 unspecified atom stereocenters. The van der Waals surface area contributed by atoms with Gasteiger partial charge in [-0.25, -0.2) is 8.42 Å². The molecule has 0 radical (unpaired) electrons. The Morgan fingerprint density at radius 2 is 1.50 bits per heavy atom. The predicted molar refractivity (Wildman–Crippen MR) is 15.7 cm³/mol. The molecule has 0 bridgehead atoms. The van der Waals surface area contributed by atoms with Crippen LogP contribution in [0.15, 0.2) is 0 Å². The summed E-state index contributed by atoms with van der Waals surface area (Å²) in [5.41, 5.74) is 0. The molecule has 8 heavy (non-hydrogen) atoms. The van der Waals surface area contributed by atoms with Crippen LogP contribution in [0.25, 0.3) is 0 Å². The van der Waals surface area contributed by atoms with E-state index in [1.807, 2.05) is 0 Å². The van der Waals surface area contributed by atoms with Gasteiger partial charge in [-0.3, -0.25) is 0 Å². The van der Waals surface area contributed by atoms with Gasteiger partial charge >= 0.3 is 35.3 Å². The molecular weight excluding hydrogens is 153 g/mol. The van der Waals surface area contributed by atoms with Crippen LogP contribution in [0.1, 0.15) is 0 Å². The molecular formula is CHF2NaO3S. The first-order valence-corrected chi connectivity index (χ1v) is 2.64. The molecule has 0 amide bonds. The first-order valence-electron chi connectivity index (χ1n) is 1.17. The van der Waals surface area contributed by atoms with Crippen molar-refractivity contribution in [3.05, 3.63) is 0 Å². The van der Waals surface area contributed by atoms with Crippen LogP contribution >= 0.6 is 0 Å². The number of hydrogen-bond acceptors (Lipinski definition) is 3. The number of rotatable bonds is 1. The molecule has 0 aliphatic carbocycles. The van der Waals surface area contributed by atoms with Crippen molar-refractivity contribution in [1.29, 1.82) is 0 Å². The fraction of sp³-hybridized carbons (Fsp3) is 1.00. The normalized spacial score (nSPS) is 11.0. The Bertz CT molecular complexity index is 139. The van der Waals surface area contributed by atoms with Crippen molar-refractivity contribution in [2.24, 2.45) is 0 Å². The van der Waals surface area contributed by atoms with Gasteiger partial charge in [-0.15, -0.1) is 0 Å². The molecule has 0 atom stereocenters. The molecule has 0 heterocycles. The molecule has 0 rings (SSSR count). The summed E-state index contributed by atoms with van der Waals surface area (Å²) in [6.07, 6.45) is 0. The number of hydrogen-bond donors (Lipinski definition) is 0. The SMILES string of the molecule is O=S(=O)([O-])C(F)F.[Na+]. The van der Waals surface area contributed by atoms with E-state index in [-0.39, 0.29) is 29.6 Å². The van der Waals surface area contributed by atoms with Gasteiger partial charge in [-0.1, -0.05) is 0 Å². The Morgan fingerprint density at radius 3 is 1.50 bits per heavy atom. The second kappa shape index (κ2) is 3.73. The zero-order chi connectivity index (χ0) is 6.08. The van der Waals surface area contributed by atoms with Crippen LogP contribution in [0, 0.1) is 0 Å². The van der Waals surface area contributed by atoms with Crippen LogP contribution < -0.4 is 29.6 Å². The Labute approximate surface area is 67.1 Å². The van der Waals surface area contributed by atoms with Crippen LogP contribution in [0.2, 0.25) is 0 Å². The molecule has 3 nitrogen and oxygen atoms in total. The summed E-state index contributed by atoms with van der Waals surface area (Å²) in [5.74, 6) is -3.78. The average Bonchev–Trinajstić information content (AvgIpc) is 1.31. The minimum Gasteiger partial charge on any atom is -0.744 e. The molecule has 0 aromatic carbocycles. The van der Waals surface area contributed by atoms with E-state index in [1.54, 1.807) is 0 Å². The van der Waals surface area contributed by atoms with Crippen LogP contribution in [0.4, 0.5) is 8.78 Å². The predicted octanol–water partition coefficient (Wildman–Crippen LogP) is -3.24. The van der Waals surface area contributed by atoms with E-state index in [4.69, 9.17) is 13.0 Å². The second-order valence-corrected chi connectivity index (χ2v) is 2.10. The maximum atomic E-state index is 10.6. The van der Waals surface area contributed by atoms with Gasteiger partial charge in [-0.05, 0) is 0 Å². The van der Waals surface area contributed by atoms with Crippen LogP contribution in [-0.2, 0) is 10.1 Å². The third-order valence-corrected chi connectivity index (χ3v) is 0.655. The summed E-state index contributed by atoms with van der Waals surface area (Å²) in [6, 6.07) is 0. The molecule has 0 aromatic rings. The van der Waals surface area contributed by atoms with E-state index in [9.17, 15) is 8.78 Å². The summed E-state index contributed by atoms with van der Waals surface area (Å²) >= 11 is 0. The fourth-order valence-electron chi connectivity index (χ4n) is 0.